The topological polar surface area (TPSA) is 107 Å². The number of carbonyl (C=O) groups excluding carboxylic acids is 1. The summed E-state index contributed by atoms with van der Waals surface area (Å²) in [5, 5.41) is 13.3. The number of halogens is 1. The predicted octanol–water partition coefficient (Wildman–Crippen LogP) is 1.47. The van der Waals surface area contributed by atoms with Gasteiger partial charge in [-0.2, -0.15) is 0 Å². The zero-order valence-corrected chi connectivity index (χ0v) is 11.2. The molecule has 0 saturated carbocycles. The molecule has 8 heteroatoms. The molecule has 1 unspecified atom stereocenters. The number of nitro groups is 1. The van der Waals surface area contributed by atoms with Crippen LogP contribution in [0.3, 0.4) is 0 Å². The number of amides is 1. The van der Waals surface area contributed by atoms with Gasteiger partial charge in [0.2, 0.25) is 0 Å². The van der Waals surface area contributed by atoms with Crippen molar-refractivity contribution in [3.8, 4) is 0 Å². The molecule has 7 nitrogen and oxygen atoms in total. The third-order valence-corrected chi connectivity index (χ3v) is 2.56. The number of hydrogen-bond donors (Lipinski definition) is 2. The summed E-state index contributed by atoms with van der Waals surface area (Å²) in [5.41, 5.74) is 4.10. The second-order valence-electron chi connectivity index (χ2n) is 4.12. The lowest BCUT2D eigenvalue weighted by atomic mass is 10.1. The molecule has 0 aromatic heterocycles. The van der Waals surface area contributed by atoms with Crippen LogP contribution in [0.5, 0.6) is 0 Å². The highest BCUT2D eigenvalue weighted by Crippen LogP contribution is 2.24. The van der Waals surface area contributed by atoms with Crippen molar-refractivity contribution < 1.29 is 18.8 Å². The molecule has 0 radical (unpaired) electrons. The van der Waals surface area contributed by atoms with Crippen molar-refractivity contribution in [2.75, 3.05) is 18.9 Å². The summed E-state index contributed by atoms with van der Waals surface area (Å²) in [4.78, 5) is 21.9. The number of carbonyl (C=O) groups is 1. The molecule has 0 saturated heterocycles. The van der Waals surface area contributed by atoms with E-state index >= 15 is 0 Å². The van der Waals surface area contributed by atoms with E-state index in [4.69, 9.17) is 10.5 Å². The van der Waals surface area contributed by atoms with Crippen LogP contribution in [0.4, 0.5) is 15.8 Å². The van der Waals surface area contributed by atoms with Gasteiger partial charge in [0.25, 0.3) is 11.6 Å². The lowest BCUT2D eigenvalue weighted by Gasteiger charge is -2.12. The van der Waals surface area contributed by atoms with Crippen molar-refractivity contribution >= 4 is 17.3 Å². The van der Waals surface area contributed by atoms with Gasteiger partial charge in [0.1, 0.15) is 5.56 Å². The Balaban J connectivity index is 2.92. The minimum atomic E-state index is -0.934. The second-order valence-corrected chi connectivity index (χ2v) is 4.12. The molecule has 0 bridgehead atoms. The fraction of sp³-hybridized carbons (Fsp3) is 0.417. The van der Waals surface area contributed by atoms with E-state index in [1.165, 1.54) is 0 Å². The first-order chi connectivity index (χ1) is 9.36. The van der Waals surface area contributed by atoms with Crippen molar-refractivity contribution in [2.45, 2.75) is 20.0 Å². The number of nitrogens with two attached hydrogens (primary N) is 1. The van der Waals surface area contributed by atoms with Crippen LogP contribution in [0.15, 0.2) is 12.1 Å². The van der Waals surface area contributed by atoms with Gasteiger partial charge in [-0.05, 0) is 19.9 Å². The van der Waals surface area contributed by atoms with E-state index in [0.29, 0.717) is 12.7 Å². The third kappa shape index (κ3) is 3.89. The number of nitrogens with one attached hydrogen (secondary N) is 1. The maximum Gasteiger partial charge on any atom is 0.285 e. The number of benzene rings is 1. The molecule has 1 rings (SSSR count). The van der Waals surface area contributed by atoms with Gasteiger partial charge in [-0.25, -0.2) is 4.39 Å². The van der Waals surface area contributed by atoms with E-state index < -0.39 is 22.3 Å². The molecule has 0 fully saturated rings. The fourth-order valence-electron chi connectivity index (χ4n) is 1.59. The van der Waals surface area contributed by atoms with Crippen molar-refractivity contribution in [1.29, 1.82) is 0 Å². The molecule has 0 aliphatic heterocycles. The maximum atomic E-state index is 13.2. The first kappa shape index (κ1) is 15.8. The second kappa shape index (κ2) is 6.80. The van der Waals surface area contributed by atoms with E-state index in [1.54, 1.807) is 6.92 Å². The molecule has 0 spiro atoms. The largest absolute Gasteiger partial charge is 0.396 e. The first-order valence-electron chi connectivity index (χ1n) is 6.00. The molecule has 0 heterocycles. The van der Waals surface area contributed by atoms with Gasteiger partial charge < -0.3 is 15.8 Å². The normalized spacial score (nSPS) is 11.9. The molecule has 0 aliphatic carbocycles. The Morgan fingerprint density at radius 1 is 1.60 bits per heavy atom. The fourth-order valence-corrected chi connectivity index (χ4v) is 1.59. The van der Waals surface area contributed by atoms with Crippen LogP contribution in [0.25, 0.3) is 0 Å². The van der Waals surface area contributed by atoms with E-state index in [0.717, 1.165) is 6.07 Å². The van der Waals surface area contributed by atoms with Crippen LogP contribution in [0.1, 0.15) is 24.2 Å². The van der Waals surface area contributed by atoms with E-state index in [-0.39, 0.29) is 23.9 Å². The summed E-state index contributed by atoms with van der Waals surface area (Å²) >= 11 is 0. The summed E-state index contributed by atoms with van der Waals surface area (Å²) in [6.07, 6.45) is -0.235. The molecule has 20 heavy (non-hydrogen) atoms. The zero-order chi connectivity index (χ0) is 15.3. The molecule has 1 aromatic carbocycles. The highest BCUT2D eigenvalue weighted by Gasteiger charge is 2.23. The van der Waals surface area contributed by atoms with Gasteiger partial charge >= 0.3 is 0 Å². The van der Waals surface area contributed by atoms with Crippen LogP contribution < -0.4 is 11.1 Å². The number of ether oxygens (including phenoxy) is 1. The van der Waals surface area contributed by atoms with Gasteiger partial charge in [0.05, 0.1) is 22.8 Å². The highest BCUT2D eigenvalue weighted by molar-refractivity contribution is 5.99. The summed E-state index contributed by atoms with van der Waals surface area (Å²) in [7, 11) is 0. The standard InChI is InChI=1S/C12H16FN3O4/c1-3-20-7(2)6-15-12(17)8-4-10(14)9(13)5-11(8)16(18)19/h4-5,7H,3,6,14H2,1-2H3,(H,15,17). The minimum Gasteiger partial charge on any atom is -0.396 e. The number of hydrogen-bond acceptors (Lipinski definition) is 5. The Labute approximate surface area is 115 Å². The zero-order valence-electron chi connectivity index (χ0n) is 11.2. The molecule has 0 aliphatic rings. The Kier molecular flexibility index (Phi) is 5.39. The average Bonchev–Trinajstić information content (AvgIpc) is 2.38. The van der Waals surface area contributed by atoms with Crippen LogP contribution in [0.2, 0.25) is 0 Å². The number of rotatable bonds is 6. The number of nitrogen functional groups attached to an aromatic ring is 1. The lowest BCUT2D eigenvalue weighted by Crippen LogP contribution is -2.32. The molecule has 110 valence electrons. The summed E-state index contributed by atoms with van der Waals surface area (Å²) < 4.78 is 18.4. The van der Waals surface area contributed by atoms with Crippen LogP contribution in [0, 0.1) is 15.9 Å². The SMILES string of the molecule is CCOC(C)CNC(=O)c1cc(N)c(F)cc1[N+](=O)[O-]. The molecular weight excluding hydrogens is 269 g/mol. The smallest absolute Gasteiger partial charge is 0.285 e. The van der Waals surface area contributed by atoms with Crippen molar-refractivity contribution in [3.63, 3.8) is 0 Å². The first-order valence-corrected chi connectivity index (χ1v) is 6.00. The Morgan fingerprint density at radius 2 is 2.25 bits per heavy atom. The van der Waals surface area contributed by atoms with Gasteiger partial charge in [-0.15, -0.1) is 0 Å². The molecule has 1 aromatic rings. The van der Waals surface area contributed by atoms with E-state index in [1.807, 2.05) is 6.92 Å². The Bertz CT molecular complexity index is 522. The van der Waals surface area contributed by atoms with Crippen molar-refractivity contribution in [3.05, 3.63) is 33.6 Å². The van der Waals surface area contributed by atoms with E-state index in [9.17, 15) is 19.3 Å². The van der Waals surface area contributed by atoms with Gasteiger partial charge in [0, 0.05) is 13.2 Å². The van der Waals surface area contributed by atoms with Crippen LogP contribution >= 0.6 is 0 Å². The molecule has 3 N–H and O–H groups in total. The number of anilines is 1. The Morgan fingerprint density at radius 3 is 2.80 bits per heavy atom. The van der Waals surface area contributed by atoms with Gasteiger partial charge in [-0.3, -0.25) is 14.9 Å². The van der Waals surface area contributed by atoms with Gasteiger partial charge in [-0.1, -0.05) is 0 Å². The molecular formula is C12H16FN3O4. The lowest BCUT2D eigenvalue weighted by molar-refractivity contribution is -0.385. The number of nitrogens with zero attached hydrogens (tertiary/aromatic N) is 1. The highest BCUT2D eigenvalue weighted by atomic mass is 19.1. The third-order valence-electron chi connectivity index (χ3n) is 2.56. The summed E-state index contributed by atoms with van der Waals surface area (Å²) in [5.74, 6) is -1.63. The van der Waals surface area contributed by atoms with Crippen molar-refractivity contribution in [2.24, 2.45) is 0 Å². The van der Waals surface area contributed by atoms with Crippen LogP contribution in [-0.2, 0) is 4.74 Å². The monoisotopic (exact) mass is 285 g/mol. The average molecular weight is 285 g/mol. The summed E-state index contributed by atoms with van der Waals surface area (Å²) in [6.45, 7) is 4.23. The molecule has 1 amide bonds. The quantitative estimate of drug-likeness (QED) is 0.467. The Hall–Kier alpha value is -2.22. The van der Waals surface area contributed by atoms with Crippen molar-refractivity contribution in [1.82, 2.24) is 5.32 Å². The van der Waals surface area contributed by atoms with Gasteiger partial charge in [0.15, 0.2) is 5.82 Å². The van der Waals surface area contributed by atoms with E-state index in [2.05, 4.69) is 5.32 Å². The predicted molar refractivity (Wildman–Crippen MR) is 70.9 cm³/mol. The maximum absolute atomic E-state index is 13.2. The molecule has 1 atom stereocenters. The number of nitro benzene ring substituents is 1. The van der Waals surface area contributed by atoms with Crippen LogP contribution in [-0.4, -0.2) is 30.1 Å². The summed E-state index contributed by atoms with van der Waals surface area (Å²) in [6, 6.07) is 1.59. The minimum absolute atomic E-state index is 0.182.